The highest BCUT2D eigenvalue weighted by Crippen LogP contribution is 2.36. The largest absolute Gasteiger partial charge is 0.416 e. The van der Waals surface area contributed by atoms with Gasteiger partial charge in [0.1, 0.15) is 5.65 Å². The van der Waals surface area contributed by atoms with Crippen molar-refractivity contribution in [3.8, 4) is 11.3 Å². The van der Waals surface area contributed by atoms with Gasteiger partial charge in [-0.1, -0.05) is 24.3 Å². The maximum absolute atomic E-state index is 13.1. The maximum Gasteiger partial charge on any atom is 0.416 e. The van der Waals surface area contributed by atoms with Crippen molar-refractivity contribution in [2.75, 3.05) is 5.32 Å². The second kappa shape index (κ2) is 7.70. The molecule has 0 unspecified atom stereocenters. The molecule has 0 saturated heterocycles. The number of amides is 1. The van der Waals surface area contributed by atoms with E-state index >= 15 is 0 Å². The summed E-state index contributed by atoms with van der Waals surface area (Å²) in [7, 11) is 0. The van der Waals surface area contributed by atoms with E-state index in [2.05, 4.69) is 10.3 Å². The van der Waals surface area contributed by atoms with Gasteiger partial charge in [0.25, 0.3) is 5.91 Å². The molecule has 4 rings (SSSR count). The summed E-state index contributed by atoms with van der Waals surface area (Å²) in [6.45, 7) is 0. The number of aromatic nitrogens is 2. The van der Waals surface area contributed by atoms with Crippen LogP contribution in [0, 0.1) is 0 Å². The summed E-state index contributed by atoms with van der Waals surface area (Å²) in [4.78, 5) is 17.1. The average molecular weight is 449 g/mol. The van der Waals surface area contributed by atoms with E-state index in [1.54, 1.807) is 53.2 Å². The number of para-hydroxylation sites is 1. The Morgan fingerprint density at radius 1 is 0.844 bits per heavy atom. The quantitative estimate of drug-likeness (QED) is 0.374. The zero-order chi connectivity index (χ0) is 23.1. The standard InChI is InChI=1S/C22H13F6N3O/c23-21(24,25)14-9-13(10-15(11-14)22(26,27)28)20(32)30-17-6-2-1-5-16(17)18-12-31-8-4-3-7-19(31)29-18/h1-12H,(H,30,32). The Hall–Kier alpha value is -3.82. The molecule has 0 aliphatic rings. The van der Waals surface area contributed by atoms with Crippen LogP contribution in [-0.4, -0.2) is 15.3 Å². The zero-order valence-electron chi connectivity index (χ0n) is 16.0. The Kier molecular flexibility index (Phi) is 5.15. The SMILES string of the molecule is O=C(Nc1ccccc1-c1cn2ccccc2n1)c1cc(C(F)(F)F)cc(C(F)(F)F)c1. The molecule has 0 bridgehead atoms. The van der Waals surface area contributed by atoms with Crippen LogP contribution in [-0.2, 0) is 12.4 Å². The predicted molar refractivity (Wildman–Crippen MR) is 105 cm³/mol. The third-order valence-corrected chi connectivity index (χ3v) is 4.67. The second-order valence-electron chi connectivity index (χ2n) is 6.89. The van der Waals surface area contributed by atoms with E-state index in [-0.39, 0.29) is 11.8 Å². The van der Waals surface area contributed by atoms with Gasteiger partial charge >= 0.3 is 12.4 Å². The van der Waals surface area contributed by atoms with Gasteiger partial charge in [-0.25, -0.2) is 4.98 Å². The Morgan fingerprint density at radius 3 is 2.09 bits per heavy atom. The first-order valence-electron chi connectivity index (χ1n) is 9.16. The number of fused-ring (bicyclic) bond motifs is 1. The van der Waals surface area contributed by atoms with Crippen molar-refractivity contribution in [3.63, 3.8) is 0 Å². The molecule has 0 radical (unpaired) electrons. The van der Waals surface area contributed by atoms with Gasteiger partial charge in [0.05, 0.1) is 22.5 Å². The molecule has 1 amide bonds. The number of anilines is 1. The zero-order valence-corrected chi connectivity index (χ0v) is 16.0. The summed E-state index contributed by atoms with van der Waals surface area (Å²) >= 11 is 0. The summed E-state index contributed by atoms with van der Waals surface area (Å²) in [6.07, 6.45) is -6.66. The van der Waals surface area contributed by atoms with Gasteiger partial charge < -0.3 is 9.72 Å². The van der Waals surface area contributed by atoms with Crippen molar-refractivity contribution < 1.29 is 31.1 Å². The number of carbonyl (C=O) groups excluding carboxylic acids is 1. The number of benzene rings is 2. The number of nitrogens with zero attached hydrogens (tertiary/aromatic N) is 2. The number of carbonyl (C=O) groups is 1. The van der Waals surface area contributed by atoms with Crippen LogP contribution in [0.5, 0.6) is 0 Å². The van der Waals surface area contributed by atoms with Crippen LogP contribution in [0.4, 0.5) is 32.0 Å². The molecule has 0 spiro atoms. The van der Waals surface area contributed by atoms with E-state index in [0.717, 1.165) is 0 Å². The highest BCUT2D eigenvalue weighted by Gasteiger charge is 2.37. The molecule has 10 heteroatoms. The third kappa shape index (κ3) is 4.29. The van der Waals surface area contributed by atoms with E-state index in [1.807, 2.05) is 0 Å². The number of alkyl halides is 6. The van der Waals surface area contributed by atoms with Gasteiger partial charge in [-0.3, -0.25) is 4.79 Å². The minimum atomic E-state index is -5.05. The number of halogens is 6. The lowest BCUT2D eigenvalue weighted by Gasteiger charge is -2.15. The molecule has 0 saturated carbocycles. The van der Waals surface area contributed by atoms with E-state index in [9.17, 15) is 31.1 Å². The molecule has 2 heterocycles. The van der Waals surface area contributed by atoms with Crippen molar-refractivity contribution >= 4 is 17.2 Å². The summed E-state index contributed by atoms with van der Waals surface area (Å²) in [6, 6.07) is 12.4. The fraction of sp³-hybridized carbons (Fsp3) is 0.0909. The van der Waals surface area contributed by atoms with Crippen LogP contribution >= 0.6 is 0 Å². The average Bonchev–Trinajstić information content (AvgIpc) is 3.16. The summed E-state index contributed by atoms with van der Waals surface area (Å²) < 4.78 is 80.4. The maximum atomic E-state index is 13.1. The van der Waals surface area contributed by atoms with Crippen LogP contribution in [0.15, 0.2) is 73.1 Å². The number of imidazole rings is 1. The van der Waals surface area contributed by atoms with E-state index in [4.69, 9.17) is 0 Å². The van der Waals surface area contributed by atoms with Gasteiger partial charge in [0.2, 0.25) is 0 Å². The molecule has 2 aromatic carbocycles. The molecular formula is C22H13F6N3O. The first-order chi connectivity index (χ1) is 15.0. The number of hydrogen-bond donors (Lipinski definition) is 1. The van der Waals surface area contributed by atoms with Crippen molar-refractivity contribution in [1.29, 1.82) is 0 Å². The number of nitrogens with one attached hydrogen (secondary N) is 1. The highest BCUT2D eigenvalue weighted by atomic mass is 19.4. The lowest BCUT2D eigenvalue weighted by molar-refractivity contribution is -0.143. The lowest BCUT2D eigenvalue weighted by atomic mass is 10.0. The molecule has 0 fully saturated rings. The molecule has 32 heavy (non-hydrogen) atoms. The minimum Gasteiger partial charge on any atom is -0.321 e. The van der Waals surface area contributed by atoms with Gasteiger partial charge in [-0.2, -0.15) is 26.3 Å². The number of rotatable bonds is 3. The lowest BCUT2D eigenvalue weighted by Crippen LogP contribution is -2.17. The highest BCUT2D eigenvalue weighted by molar-refractivity contribution is 6.06. The minimum absolute atomic E-state index is 0.0264. The Bertz CT molecular complexity index is 1240. The fourth-order valence-corrected chi connectivity index (χ4v) is 3.16. The van der Waals surface area contributed by atoms with Crippen molar-refractivity contribution in [2.24, 2.45) is 0 Å². The normalized spacial score (nSPS) is 12.2. The summed E-state index contributed by atoms with van der Waals surface area (Å²) in [5.74, 6) is -1.11. The summed E-state index contributed by atoms with van der Waals surface area (Å²) in [5.41, 5.74) is -2.17. The van der Waals surface area contributed by atoms with E-state index in [1.165, 1.54) is 6.07 Å². The topological polar surface area (TPSA) is 46.4 Å². The smallest absolute Gasteiger partial charge is 0.321 e. The van der Waals surface area contributed by atoms with E-state index < -0.39 is 35.0 Å². The first-order valence-corrected chi connectivity index (χ1v) is 9.16. The molecular weight excluding hydrogens is 436 g/mol. The summed E-state index contributed by atoms with van der Waals surface area (Å²) in [5, 5.41) is 2.40. The van der Waals surface area contributed by atoms with Crippen molar-refractivity contribution in [2.45, 2.75) is 12.4 Å². The predicted octanol–water partition coefficient (Wildman–Crippen LogP) is 6.29. The Morgan fingerprint density at radius 2 is 1.47 bits per heavy atom. The Labute approximate surface area is 177 Å². The third-order valence-electron chi connectivity index (χ3n) is 4.67. The second-order valence-corrected chi connectivity index (χ2v) is 6.89. The molecule has 1 N–H and O–H groups in total. The van der Waals surface area contributed by atoms with Gasteiger partial charge in [0.15, 0.2) is 0 Å². The molecule has 4 nitrogen and oxygen atoms in total. The molecule has 0 aliphatic carbocycles. The van der Waals surface area contributed by atoms with Crippen molar-refractivity contribution in [3.05, 3.63) is 89.7 Å². The van der Waals surface area contributed by atoms with Crippen LogP contribution in [0.2, 0.25) is 0 Å². The van der Waals surface area contributed by atoms with Gasteiger partial charge in [-0.05, 0) is 36.4 Å². The van der Waals surface area contributed by atoms with E-state index in [0.29, 0.717) is 29.0 Å². The fourth-order valence-electron chi connectivity index (χ4n) is 3.16. The van der Waals surface area contributed by atoms with Crippen LogP contribution < -0.4 is 5.32 Å². The monoisotopic (exact) mass is 449 g/mol. The molecule has 164 valence electrons. The number of pyridine rings is 1. The van der Waals surface area contributed by atoms with Gasteiger partial charge in [-0.15, -0.1) is 0 Å². The Balaban J connectivity index is 1.72. The molecule has 2 aromatic heterocycles. The number of hydrogen-bond acceptors (Lipinski definition) is 2. The van der Waals surface area contributed by atoms with Crippen LogP contribution in [0.1, 0.15) is 21.5 Å². The molecule has 0 aliphatic heterocycles. The molecule has 0 atom stereocenters. The molecule has 4 aromatic rings. The van der Waals surface area contributed by atoms with Gasteiger partial charge in [0, 0.05) is 23.5 Å². The van der Waals surface area contributed by atoms with Crippen molar-refractivity contribution in [1.82, 2.24) is 9.38 Å². The van der Waals surface area contributed by atoms with Crippen LogP contribution in [0.25, 0.3) is 16.9 Å². The first kappa shape index (κ1) is 21.4. The van der Waals surface area contributed by atoms with Crippen LogP contribution in [0.3, 0.4) is 0 Å².